The van der Waals surface area contributed by atoms with E-state index in [0.29, 0.717) is 0 Å². The zero-order chi connectivity index (χ0) is 17.2. The van der Waals surface area contributed by atoms with Gasteiger partial charge in [-0.15, -0.1) is 0 Å². The first-order chi connectivity index (χ1) is 10.7. The van der Waals surface area contributed by atoms with Gasteiger partial charge in [0.1, 0.15) is 5.15 Å². The Labute approximate surface area is 143 Å². The molecule has 3 N–H and O–H groups in total. The van der Waals surface area contributed by atoms with Gasteiger partial charge in [0.05, 0.1) is 21.5 Å². The van der Waals surface area contributed by atoms with Crippen molar-refractivity contribution in [2.45, 2.75) is 17.9 Å². The van der Waals surface area contributed by atoms with E-state index < -0.39 is 10.0 Å². The maximum Gasteiger partial charge on any atom is 0.253 e. The summed E-state index contributed by atoms with van der Waals surface area (Å²) in [7, 11) is -3.74. The number of amides is 1. The van der Waals surface area contributed by atoms with Gasteiger partial charge in [0.15, 0.2) is 0 Å². The fourth-order valence-corrected chi connectivity index (χ4v) is 2.64. The van der Waals surface area contributed by atoms with Crippen LogP contribution in [0.4, 0.5) is 0 Å². The normalized spacial score (nSPS) is 12.7. The lowest BCUT2D eigenvalue weighted by molar-refractivity contribution is 0.0939. The SMILES string of the molecule is CC(NC(=O)c1cnc(Cl)c(Cl)c1)c1ccc(S(N)(=O)=O)cc1. The minimum atomic E-state index is -3.74. The Morgan fingerprint density at radius 2 is 1.87 bits per heavy atom. The Kier molecular flexibility index (Phi) is 5.26. The number of primary sulfonamides is 1. The molecule has 0 saturated heterocycles. The van der Waals surface area contributed by atoms with Gasteiger partial charge >= 0.3 is 0 Å². The molecule has 1 unspecified atom stereocenters. The second-order valence-corrected chi connectivity index (χ2v) is 7.13. The number of halogens is 2. The van der Waals surface area contributed by atoms with Gasteiger partial charge in [-0.1, -0.05) is 35.3 Å². The van der Waals surface area contributed by atoms with Crippen molar-refractivity contribution in [3.05, 3.63) is 57.8 Å². The number of carbonyl (C=O) groups is 1. The Morgan fingerprint density at radius 3 is 2.39 bits per heavy atom. The van der Waals surface area contributed by atoms with Crippen LogP contribution in [0, 0.1) is 0 Å². The number of rotatable bonds is 4. The van der Waals surface area contributed by atoms with Gasteiger partial charge in [0.25, 0.3) is 5.91 Å². The lowest BCUT2D eigenvalue weighted by Gasteiger charge is -2.15. The summed E-state index contributed by atoms with van der Waals surface area (Å²) in [6, 6.07) is 6.99. The van der Waals surface area contributed by atoms with Crippen LogP contribution in [0.3, 0.4) is 0 Å². The molecular weight excluding hydrogens is 361 g/mol. The number of hydrogen-bond acceptors (Lipinski definition) is 4. The first-order valence-electron chi connectivity index (χ1n) is 6.43. The average Bonchev–Trinajstić information content (AvgIpc) is 2.49. The molecule has 0 bridgehead atoms. The maximum absolute atomic E-state index is 12.1. The average molecular weight is 374 g/mol. The largest absolute Gasteiger partial charge is 0.345 e. The highest BCUT2D eigenvalue weighted by atomic mass is 35.5. The summed E-state index contributed by atoms with van der Waals surface area (Å²) in [5.74, 6) is -0.376. The fourth-order valence-electron chi connectivity index (χ4n) is 1.85. The number of aromatic nitrogens is 1. The van der Waals surface area contributed by atoms with Crippen LogP contribution in [0.15, 0.2) is 41.4 Å². The summed E-state index contributed by atoms with van der Waals surface area (Å²) in [6.07, 6.45) is 1.32. The van der Waals surface area contributed by atoms with Gasteiger partial charge < -0.3 is 5.32 Å². The van der Waals surface area contributed by atoms with Gasteiger partial charge in [-0.25, -0.2) is 18.5 Å². The summed E-state index contributed by atoms with van der Waals surface area (Å²) in [5, 5.41) is 8.10. The van der Waals surface area contributed by atoms with Crippen LogP contribution < -0.4 is 10.5 Å². The molecule has 0 aliphatic heterocycles. The number of hydrogen-bond donors (Lipinski definition) is 2. The van der Waals surface area contributed by atoms with Crippen molar-refractivity contribution >= 4 is 39.1 Å². The molecular formula is C14H13Cl2N3O3S. The van der Waals surface area contributed by atoms with E-state index >= 15 is 0 Å². The van der Waals surface area contributed by atoms with Gasteiger partial charge in [-0.3, -0.25) is 4.79 Å². The van der Waals surface area contributed by atoms with Crippen molar-refractivity contribution in [1.82, 2.24) is 10.3 Å². The predicted octanol–water partition coefficient (Wildman–Crippen LogP) is 2.53. The van der Waals surface area contributed by atoms with Crippen molar-refractivity contribution in [2.24, 2.45) is 5.14 Å². The van der Waals surface area contributed by atoms with Crippen molar-refractivity contribution in [3.63, 3.8) is 0 Å². The van der Waals surface area contributed by atoms with E-state index in [4.69, 9.17) is 28.3 Å². The summed E-state index contributed by atoms with van der Waals surface area (Å²) in [5.41, 5.74) is 0.992. The lowest BCUT2D eigenvalue weighted by atomic mass is 10.1. The van der Waals surface area contributed by atoms with Crippen molar-refractivity contribution in [1.29, 1.82) is 0 Å². The molecule has 0 aliphatic carbocycles. The molecule has 122 valence electrons. The van der Waals surface area contributed by atoms with E-state index in [2.05, 4.69) is 10.3 Å². The van der Waals surface area contributed by atoms with Gasteiger partial charge in [0, 0.05) is 6.20 Å². The van der Waals surface area contributed by atoms with Crippen LogP contribution in [0.5, 0.6) is 0 Å². The van der Waals surface area contributed by atoms with Crippen LogP contribution in [0.25, 0.3) is 0 Å². The molecule has 0 saturated carbocycles. The number of nitrogens with one attached hydrogen (secondary N) is 1. The molecule has 2 aromatic rings. The zero-order valence-electron chi connectivity index (χ0n) is 12.0. The van der Waals surface area contributed by atoms with E-state index in [-0.39, 0.29) is 32.6 Å². The number of sulfonamides is 1. The highest BCUT2D eigenvalue weighted by Gasteiger charge is 2.14. The molecule has 1 aromatic heterocycles. The van der Waals surface area contributed by atoms with Gasteiger partial charge in [-0.05, 0) is 30.7 Å². The molecule has 0 aliphatic rings. The number of benzene rings is 1. The monoisotopic (exact) mass is 373 g/mol. The molecule has 2 rings (SSSR count). The van der Waals surface area contributed by atoms with Crippen LogP contribution >= 0.6 is 23.2 Å². The highest BCUT2D eigenvalue weighted by Crippen LogP contribution is 2.21. The van der Waals surface area contributed by atoms with Gasteiger partial charge in [-0.2, -0.15) is 0 Å². The zero-order valence-corrected chi connectivity index (χ0v) is 14.3. The predicted molar refractivity (Wildman–Crippen MR) is 88.0 cm³/mol. The number of pyridine rings is 1. The summed E-state index contributed by atoms with van der Waals surface area (Å²) in [6.45, 7) is 1.76. The van der Waals surface area contributed by atoms with E-state index in [1.54, 1.807) is 19.1 Å². The standard InChI is InChI=1S/C14H13Cl2N3O3S/c1-8(9-2-4-11(5-3-9)23(17,21)22)19-14(20)10-6-12(15)13(16)18-7-10/h2-8H,1H3,(H,19,20)(H2,17,21,22). The molecule has 6 nitrogen and oxygen atoms in total. The molecule has 1 aromatic carbocycles. The van der Waals surface area contributed by atoms with E-state index in [1.807, 2.05) is 0 Å². The first-order valence-corrected chi connectivity index (χ1v) is 8.73. The van der Waals surface area contributed by atoms with E-state index in [1.165, 1.54) is 24.4 Å². The number of nitrogens with zero attached hydrogens (tertiary/aromatic N) is 1. The number of carbonyl (C=O) groups excluding carboxylic acids is 1. The Balaban J connectivity index is 2.13. The molecule has 1 atom stereocenters. The minimum Gasteiger partial charge on any atom is -0.345 e. The highest BCUT2D eigenvalue weighted by molar-refractivity contribution is 7.89. The first kappa shape index (κ1) is 17.7. The van der Waals surface area contributed by atoms with Crippen LogP contribution in [-0.2, 0) is 10.0 Å². The topological polar surface area (TPSA) is 102 Å². The molecule has 1 heterocycles. The Hall–Kier alpha value is -1.67. The molecule has 0 radical (unpaired) electrons. The fraction of sp³-hybridized carbons (Fsp3) is 0.143. The molecule has 0 fully saturated rings. The minimum absolute atomic E-state index is 0.00783. The Morgan fingerprint density at radius 1 is 1.26 bits per heavy atom. The molecule has 1 amide bonds. The van der Waals surface area contributed by atoms with Gasteiger partial charge in [0.2, 0.25) is 10.0 Å². The smallest absolute Gasteiger partial charge is 0.253 e. The van der Waals surface area contributed by atoms with E-state index in [0.717, 1.165) is 5.56 Å². The third-order valence-electron chi connectivity index (χ3n) is 3.11. The summed E-state index contributed by atoms with van der Waals surface area (Å²) >= 11 is 11.5. The summed E-state index contributed by atoms with van der Waals surface area (Å²) in [4.78, 5) is 16.0. The molecule has 23 heavy (non-hydrogen) atoms. The maximum atomic E-state index is 12.1. The number of nitrogens with two attached hydrogens (primary N) is 1. The second-order valence-electron chi connectivity index (χ2n) is 4.81. The quantitative estimate of drug-likeness (QED) is 0.803. The van der Waals surface area contributed by atoms with Crippen LogP contribution in [0.1, 0.15) is 28.9 Å². The third kappa shape index (κ3) is 4.42. The second kappa shape index (κ2) is 6.84. The third-order valence-corrected chi connectivity index (χ3v) is 4.73. The van der Waals surface area contributed by atoms with E-state index in [9.17, 15) is 13.2 Å². The van der Waals surface area contributed by atoms with Crippen molar-refractivity contribution in [3.8, 4) is 0 Å². The summed E-state index contributed by atoms with van der Waals surface area (Å²) < 4.78 is 22.4. The molecule has 9 heteroatoms. The molecule has 0 spiro atoms. The Bertz CT molecular complexity index is 839. The van der Waals surface area contributed by atoms with Crippen molar-refractivity contribution < 1.29 is 13.2 Å². The lowest BCUT2D eigenvalue weighted by Crippen LogP contribution is -2.26. The van der Waals surface area contributed by atoms with Crippen molar-refractivity contribution in [2.75, 3.05) is 0 Å². The van der Waals surface area contributed by atoms with Crippen LogP contribution in [0.2, 0.25) is 10.2 Å². The van der Waals surface area contributed by atoms with Crippen LogP contribution in [-0.4, -0.2) is 19.3 Å².